The molecule has 2 amide bonds. The van der Waals surface area contributed by atoms with E-state index in [1.807, 2.05) is 29.2 Å². The van der Waals surface area contributed by atoms with Gasteiger partial charge in [0.15, 0.2) is 6.10 Å². The van der Waals surface area contributed by atoms with E-state index >= 15 is 0 Å². The van der Waals surface area contributed by atoms with Gasteiger partial charge in [0.2, 0.25) is 0 Å². The van der Waals surface area contributed by atoms with Crippen molar-refractivity contribution < 1.29 is 14.3 Å². The van der Waals surface area contributed by atoms with Gasteiger partial charge in [0.25, 0.3) is 11.8 Å². The molecule has 0 saturated carbocycles. The van der Waals surface area contributed by atoms with Gasteiger partial charge in [-0.2, -0.15) is 0 Å². The van der Waals surface area contributed by atoms with Crippen molar-refractivity contribution in [2.75, 3.05) is 39.8 Å². The van der Waals surface area contributed by atoms with E-state index < -0.39 is 6.10 Å². The number of ether oxygens (including phenoxy) is 1. The lowest BCUT2D eigenvalue weighted by molar-refractivity contribution is -0.124. The van der Waals surface area contributed by atoms with Crippen molar-refractivity contribution in [3.8, 4) is 17.1 Å². The van der Waals surface area contributed by atoms with Crippen molar-refractivity contribution in [1.82, 2.24) is 35.1 Å². The minimum Gasteiger partial charge on any atom is -0.480 e. The van der Waals surface area contributed by atoms with Crippen molar-refractivity contribution in [3.05, 3.63) is 71.9 Å². The fraction of sp³-hybridized carbons (Fsp3) is 0.321. The van der Waals surface area contributed by atoms with Gasteiger partial charge in [0.05, 0.1) is 11.4 Å². The first kappa shape index (κ1) is 24.1. The van der Waals surface area contributed by atoms with E-state index in [2.05, 4.69) is 38.3 Å². The zero-order chi connectivity index (χ0) is 26.1. The van der Waals surface area contributed by atoms with Crippen LogP contribution >= 0.6 is 0 Å². The Balaban J connectivity index is 1.17. The molecule has 0 unspecified atom stereocenters. The fourth-order valence-electron chi connectivity index (χ4n) is 4.87. The molecular formula is C28H29N7O3. The van der Waals surface area contributed by atoms with Crippen molar-refractivity contribution in [1.29, 1.82) is 0 Å². The topological polar surface area (TPSA) is 116 Å². The second-order valence-corrected chi connectivity index (χ2v) is 9.80. The predicted octanol–water partition coefficient (Wildman–Crippen LogP) is 2.27. The van der Waals surface area contributed by atoms with Crippen LogP contribution in [0.1, 0.15) is 28.3 Å². The molecule has 10 heteroatoms. The first-order valence-corrected chi connectivity index (χ1v) is 12.8. The van der Waals surface area contributed by atoms with Gasteiger partial charge in [-0.15, -0.1) is 0 Å². The molecule has 2 aliphatic rings. The Kier molecular flexibility index (Phi) is 6.47. The van der Waals surface area contributed by atoms with Crippen molar-refractivity contribution in [2.24, 2.45) is 0 Å². The number of nitrogens with one attached hydrogen (secondary N) is 2. The van der Waals surface area contributed by atoms with Crippen molar-refractivity contribution in [3.63, 3.8) is 0 Å². The highest BCUT2D eigenvalue weighted by atomic mass is 16.5. The van der Waals surface area contributed by atoms with E-state index in [0.29, 0.717) is 48.0 Å². The highest BCUT2D eigenvalue weighted by Gasteiger charge is 2.26. The molecule has 0 spiro atoms. The number of amides is 2. The average Bonchev–Trinajstić information content (AvgIpc) is 3.54. The maximum absolute atomic E-state index is 13.0. The SMILES string of the molecule is CN1CCN(C(=O)c2cc3cc(Cc4nccc(-c5cc(O[C@H]6CCNC6=O)ccn5)n4)ccc3[nH]2)CC1. The molecule has 0 radical (unpaired) electrons. The Labute approximate surface area is 220 Å². The Morgan fingerprint density at radius 2 is 1.87 bits per heavy atom. The second kappa shape index (κ2) is 10.2. The fourth-order valence-corrected chi connectivity index (χ4v) is 4.87. The van der Waals surface area contributed by atoms with E-state index in [-0.39, 0.29) is 11.8 Å². The Morgan fingerprint density at radius 1 is 1.03 bits per heavy atom. The number of rotatable bonds is 6. The number of H-pyrrole nitrogens is 1. The summed E-state index contributed by atoms with van der Waals surface area (Å²) in [5, 5.41) is 3.76. The summed E-state index contributed by atoms with van der Waals surface area (Å²) in [5.41, 5.74) is 3.92. The number of carbonyl (C=O) groups is 2. The molecule has 0 aliphatic carbocycles. The number of likely N-dealkylation sites (N-methyl/N-ethyl adjacent to an activating group) is 1. The van der Waals surface area contributed by atoms with E-state index in [0.717, 1.165) is 42.6 Å². The van der Waals surface area contributed by atoms with Crippen LogP contribution in [0.4, 0.5) is 0 Å². The third kappa shape index (κ3) is 5.08. The van der Waals surface area contributed by atoms with Crippen LogP contribution in [0.2, 0.25) is 0 Å². The van der Waals surface area contributed by atoms with Gasteiger partial charge in [-0.25, -0.2) is 9.97 Å². The lowest BCUT2D eigenvalue weighted by atomic mass is 10.1. The van der Waals surface area contributed by atoms with Gasteiger partial charge in [0.1, 0.15) is 17.3 Å². The van der Waals surface area contributed by atoms with Crippen LogP contribution in [0.5, 0.6) is 5.75 Å². The van der Waals surface area contributed by atoms with Crippen LogP contribution in [0, 0.1) is 0 Å². The third-order valence-corrected chi connectivity index (χ3v) is 7.04. The van der Waals surface area contributed by atoms with Gasteiger partial charge in [-0.1, -0.05) is 6.07 Å². The highest BCUT2D eigenvalue weighted by Crippen LogP contribution is 2.23. The number of piperazine rings is 1. The van der Waals surface area contributed by atoms with E-state index in [9.17, 15) is 9.59 Å². The molecule has 2 N–H and O–H groups in total. The molecule has 5 heterocycles. The number of nitrogens with zero attached hydrogens (tertiary/aromatic N) is 5. The van der Waals surface area contributed by atoms with Crippen LogP contribution in [-0.4, -0.2) is 87.4 Å². The lowest BCUT2D eigenvalue weighted by Gasteiger charge is -2.32. The molecular weight excluding hydrogens is 482 g/mol. The first-order valence-electron chi connectivity index (χ1n) is 12.8. The number of carbonyl (C=O) groups excluding carboxylic acids is 2. The van der Waals surface area contributed by atoms with Crippen LogP contribution in [0.15, 0.2) is 54.9 Å². The summed E-state index contributed by atoms with van der Waals surface area (Å²) < 4.78 is 5.85. The zero-order valence-corrected chi connectivity index (χ0v) is 21.2. The molecule has 4 aromatic rings. The smallest absolute Gasteiger partial charge is 0.270 e. The molecule has 38 heavy (non-hydrogen) atoms. The Bertz CT molecular complexity index is 1490. The monoisotopic (exact) mass is 511 g/mol. The van der Waals surface area contributed by atoms with Crippen LogP contribution in [-0.2, 0) is 11.2 Å². The largest absolute Gasteiger partial charge is 0.480 e. The van der Waals surface area contributed by atoms with Crippen molar-refractivity contribution >= 4 is 22.7 Å². The summed E-state index contributed by atoms with van der Waals surface area (Å²) in [7, 11) is 2.08. The summed E-state index contributed by atoms with van der Waals surface area (Å²) in [6, 6.07) is 13.4. The number of pyridine rings is 1. The quantitative estimate of drug-likeness (QED) is 0.408. The summed E-state index contributed by atoms with van der Waals surface area (Å²) >= 11 is 0. The summed E-state index contributed by atoms with van der Waals surface area (Å²) in [4.78, 5) is 45.9. The molecule has 2 aliphatic heterocycles. The normalized spacial score (nSPS) is 18.1. The number of hydrogen-bond donors (Lipinski definition) is 2. The minimum atomic E-state index is -0.480. The second-order valence-electron chi connectivity index (χ2n) is 9.80. The van der Waals surface area contributed by atoms with E-state index in [1.54, 1.807) is 24.5 Å². The molecule has 1 aromatic carbocycles. The van der Waals surface area contributed by atoms with E-state index in [1.165, 1.54) is 0 Å². The standard InChI is InChI=1S/C28H29N7O3/c1-34-10-12-35(13-11-34)28(37)24-16-19-14-18(2-3-21(19)32-24)15-26-30-8-5-22(33-26)23-17-20(4-7-29-23)38-25-6-9-31-27(25)36/h2-5,7-8,14,16-17,25,32H,6,9-13,15H2,1H3,(H,31,36)/t25-/m0/s1. The van der Waals surface area contributed by atoms with Crippen LogP contribution in [0.3, 0.4) is 0 Å². The summed E-state index contributed by atoms with van der Waals surface area (Å²) in [5.74, 6) is 1.19. The molecule has 0 bridgehead atoms. The van der Waals surface area contributed by atoms with Gasteiger partial charge >= 0.3 is 0 Å². The maximum atomic E-state index is 13.0. The molecule has 1 atom stereocenters. The molecule has 194 valence electrons. The zero-order valence-electron chi connectivity index (χ0n) is 21.2. The molecule has 3 aromatic heterocycles. The minimum absolute atomic E-state index is 0.0409. The number of fused-ring (bicyclic) bond motifs is 1. The van der Waals surface area contributed by atoms with Gasteiger partial charge in [0, 0.05) is 74.9 Å². The van der Waals surface area contributed by atoms with Crippen LogP contribution in [0.25, 0.3) is 22.3 Å². The number of benzene rings is 1. The number of hydrogen-bond acceptors (Lipinski definition) is 7. The van der Waals surface area contributed by atoms with Crippen molar-refractivity contribution in [2.45, 2.75) is 18.9 Å². The molecule has 6 rings (SSSR count). The average molecular weight is 512 g/mol. The van der Waals surface area contributed by atoms with E-state index in [4.69, 9.17) is 9.72 Å². The van der Waals surface area contributed by atoms with Gasteiger partial charge < -0.3 is 24.8 Å². The Morgan fingerprint density at radius 3 is 2.68 bits per heavy atom. The molecule has 2 saturated heterocycles. The summed E-state index contributed by atoms with van der Waals surface area (Å²) in [6.07, 6.45) is 4.08. The lowest BCUT2D eigenvalue weighted by Crippen LogP contribution is -2.47. The third-order valence-electron chi connectivity index (χ3n) is 7.04. The van der Waals surface area contributed by atoms with Crippen LogP contribution < -0.4 is 10.1 Å². The maximum Gasteiger partial charge on any atom is 0.270 e. The predicted molar refractivity (Wildman–Crippen MR) is 142 cm³/mol. The number of aromatic amines is 1. The highest BCUT2D eigenvalue weighted by molar-refractivity contribution is 5.98. The van der Waals surface area contributed by atoms with Gasteiger partial charge in [-0.05, 0) is 42.9 Å². The first-order chi connectivity index (χ1) is 18.5. The molecule has 10 nitrogen and oxygen atoms in total. The number of aromatic nitrogens is 4. The molecule has 2 fully saturated rings. The summed E-state index contributed by atoms with van der Waals surface area (Å²) in [6.45, 7) is 3.88. The Hall–Kier alpha value is -4.31. The van der Waals surface area contributed by atoms with Gasteiger partial charge in [-0.3, -0.25) is 14.6 Å².